The average Bonchev–Trinajstić information content (AvgIpc) is 2.64. The Balaban J connectivity index is 2.11. The summed E-state index contributed by atoms with van der Waals surface area (Å²) in [6, 6.07) is 12.7. The molecule has 0 aliphatic rings. The maximum atomic E-state index is 12.9. The van der Waals surface area contributed by atoms with Gasteiger partial charge in [0.15, 0.2) is 5.60 Å². The van der Waals surface area contributed by atoms with Crippen molar-refractivity contribution in [2.24, 2.45) is 0 Å². The first kappa shape index (κ1) is 23.7. The van der Waals surface area contributed by atoms with Gasteiger partial charge in [0, 0.05) is 12.1 Å². The highest BCUT2D eigenvalue weighted by molar-refractivity contribution is 6.34. The summed E-state index contributed by atoms with van der Waals surface area (Å²) < 4.78 is 5.95. The number of hydrogen-bond donors (Lipinski definition) is 2. The standard InChI is InChI=1S/C24H31ClN2O3/c1-7-8-21(28)26-17-11-14-19(25)20(15-17)27-22(29)24(5,6)30-18-12-9-16(10-13-18)23(2,3)4/h9-15H,7-8H2,1-6H3,(H,26,28)(H,27,29). The smallest absolute Gasteiger partial charge is 0.268 e. The van der Waals surface area contributed by atoms with Crippen LogP contribution in [0.3, 0.4) is 0 Å². The van der Waals surface area contributed by atoms with E-state index >= 15 is 0 Å². The molecule has 5 nitrogen and oxygen atoms in total. The Morgan fingerprint density at radius 3 is 2.17 bits per heavy atom. The van der Waals surface area contributed by atoms with Crippen molar-refractivity contribution < 1.29 is 14.3 Å². The molecule has 0 fully saturated rings. The molecule has 0 unspecified atom stereocenters. The Morgan fingerprint density at radius 1 is 0.967 bits per heavy atom. The highest BCUT2D eigenvalue weighted by Gasteiger charge is 2.30. The van der Waals surface area contributed by atoms with E-state index in [0.717, 1.165) is 6.42 Å². The Bertz CT molecular complexity index is 900. The predicted molar refractivity (Wildman–Crippen MR) is 123 cm³/mol. The third kappa shape index (κ3) is 6.49. The fraction of sp³-hybridized carbons (Fsp3) is 0.417. The molecule has 0 aliphatic heterocycles. The van der Waals surface area contributed by atoms with Gasteiger partial charge in [-0.05, 0) is 61.6 Å². The number of rotatable bonds is 7. The third-order valence-corrected chi connectivity index (χ3v) is 4.95. The van der Waals surface area contributed by atoms with Gasteiger partial charge in [0.05, 0.1) is 10.7 Å². The summed E-state index contributed by atoms with van der Waals surface area (Å²) in [4.78, 5) is 24.7. The zero-order valence-corrected chi connectivity index (χ0v) is 19.3. The Morgan fingerprint density at radius 2 is 1.60 bits per heavy atom. The molecule has 0 bridgehead atoms. The van der Waals surface area contributed by atoms with Crippen LogP contribution in [0.25, 0.3) is 0 Å². The zero-order chi connectivity index (χ0) is 22.5. The molecule has 2 rings (SSSR count). The highest BCUT2D eigenvalue weighted by Crippen LogP contribution is 2.29. The minimum absolute atomic E-state index is 0.0414. The zero-order valence-electron chi connectivity index (χ0n) is 18.6. The summed E-state index contributed by atoms with van der Waals surface area (Å²) in [5.74, 6) is 0.177. The molecular weight excluding hydrogens is 400 g/mol. The highest BCUT2D eigenvalue weighted by atomic mass is 35.5. The van der Waals surface area contributed by atoms with E-state index in [-0.39, 0.29) is 17.2 Å². The maximum absolute atomic E-state index is 12.9. The van der Waals surface area contributed by atoms with Gasteiger partial charge in [-0.2, -0.15) is 0 Å². The molecule has 2 amide bonds. The van der Waals surface area contributed by atoms with Crippen LogP contribution in [0.1, 0.15) is 59.9 Å². The molecule has 162 valence electrons. The number of ether oxygens (including phenoxy) is 1. The number of benzene rings is 2. The molecule has 0 heterocycles. The van der Waals surface area contributed by atoms with Gasteiger partial charge in [-0.25, -0.2) is 0 Å². The van der Waals surface area contributed by atoms with E-state index in [4.69, 9.17) is 16.3 Å². The van der Waals surface area contributed by atoms with Crippen molar-refractivity contribution in [1.82, 2.24) is 0 Å². The van der Waals surface area contributed by atoms with Crippen LogP contribution in [0.4, 0.5) is 11.4 Å². The van der Waals surface area contributed by atoms with Gasteiger partial charge in [-0.15, -0.1) is 0 Å². The second kappa shape index (κ2) is 9.52. The van der Waals surface area contributed by atoms with E-state index in [1.807, 2.05) is 31.2 Å². The second-order valence-electron chi connectivity index (χ2n) is 8.83. The largest absolute Gasteiger partial charge is 0.478 e. The summed E-state index contributed by atoms with van der Waals surface area (Å²) in [6.07, 6.45) is 1.18. The first-order valence-corrected chi connectivity index (χ1v) is 10.5. The van der Waals surface area contributed by atoms with Crippen LogP contribution in [-0.2, 0) is 15.0 Å². The van der Waals surface area contributed by atoms with Crippen LogP contribution in [-0.4, -0.2) is 17.4 Å². The van der Waals surface area contributed by atoms with Gasteiger partial charge in [-0.1, -0.05) is 51.4 Å². The van der Waals surface area contributed by atoms with Gasteiger partial charge in [0.25, 0.3) is 5.91 Å². The molecule has 0 saturated heterocycles. The topological polar surface area (TPSA) is 67.4 Å². The fourth-order valence-corrected chi connectivity index (χ4v) is 2.95. The quantitative estimate of drug-likeness (QED) is 0.551. The fourth-order valence-electron chi connectivity index (χ4n) is 2.79. The van der Waals surface area contributed by atoms with Crippen molar-refractivity contribution in [3.63, 3.8) is 0 Å². The first-order valence-electron chi connectivity index (χ1n) is 10.1. The normalized spacial score (nSPS) is 11.7. The van der Waals surface area contributed by atoms with E-state index < -0.39 is 5.60 Å². The molecule has 30 heavy (non-hydrogen) atoms. The molecule has 0 atom stereocenters. The number of amides is 2. The van der Waals surface area contributed by atoms with Crippen LogP contribution < -0.4 is 15.4 Å². The van der Waals surface area contributed by atoms with Gasteiger partial charge in [0.1, 0.15) is 5.75 Å². The van der Waals surface area contributed by atoms with E-state index in [2.05, 4.69) is 31.4 Å². The van der Waals surface area contributed by atoms with Crippen LogP contribution in [0.2, 0.25) is 5.02 Å². The predicted octanol–water partition coefficient (Wildman–Crippen LogP) is 6.17. The van der Waals surface area contributed by atoms with E-state index in [9.17, 15) is 9.59 Å². The Hall–Kier alpha value is -2.53. The maximum Gasteiger partial charge on any atom is 0.268 e. The molecule has 0 aromatic heterocycles. The third-order valence-electron chi connectivity index (χ3n) is 4.62. The van der Waals surface area contributed by atoms with Gasteiger partial charge < -0.3 is 15.4 Å². The lowest BCUT2D eigenvalue weighted by Gasteiger charge is -2.26. The Kier molecular flexibility index (Phi) is 7.54. The number of nitrogens with one attached hydrogen (secondary N) is 2. The lowest BCUT2D eigenvalue weighted by molar-refractivity contribution is -0.128. The number of carbonyl (C=O) groups is 2. The summed E-state index contributed by atoms with van der Waals surface area (Å²) in [5.41, 5.74) is 1.08. The monoisotopic (exact) mass is 430 g/mol. The number of halogens is 1. The van der Waals surface area contributed by atoms with Crippen molar-refractivity contribution in [3.8, 4) is 5.75 Å². The summed E-state index contributed by atoms with van der Waals surface area (Å²) >= 11 is 6.24. The van der Waals surface area contributed by atoms with E-state index in [1.165, 1.54) is 5.56 Å². The van der Waals surface area contributed by atoms with Gasteiger partial charge in [0.2, 0.25) is 5.91 Å². The van der Waals surface area contributed by atoms with Crippen LogP contribution in [0, 0.1) is 0 Å². The van der Waals surface area contributed by atoms with Gasteiger partial charge >= 0.3 is 0 Å². The van der Waals surface area contributed by atoms with Crippen molar-refractivity contribution in [2.45, 2.75) is 65.4 Å². The van der Waals surface area contributed by atoms with Crippen LogP contribution >= 0.6 is 11.6 Å². The molecule has 0 aliphatic carbocycles. The van der Waals surface area contributed by atoms with E-state index in [0.29, 0.717) is 28.6 Å². The molecule has 2 N–H and O–H groups in total. The SMILES string of the molecule is CCCC(=O)Nc1ccc(Cl)c(NC(=O)C(C)(C)Oc2ccc(C(C)(C)C)cc2)c1. The van der Waals surface area contributed by atoms with Crippen molar-refractivity contribution in [2.75, 3.05) is 10.6 Å². The molecule has 2 aromatic rings. The second-order valence-corrected chi connectivity index (χ2v) is 9.24. The molecule has 0 spiro atoms. The van der Waals surface area contributed by atoms with Crippen molar-refractivity contribution in [1.29, 1.82) is 0 Å². The number of anilines is 2. The van der Waals surface area contributed by atoms with Crippen LogP contribution in [0.5, 0.6) is 5.75 Å². The lowest BCUT2D eigenvalue weighted by atomic mass is 9.87. The van der Waals surface area contributed by atoms with E-state index in [1.54, 1.807) is 32.0 Å². The minimum atomic E-state index is -1.13. The first-order chi connectivity index (χ1) is 13.9. The number of carbonyl (C=O) groups excluding carboxylic acids is 2. The van der Waals surface area contributed by atoms with Gasteiger partial charge in [-0.3, -0.25) is 9.59 Å². The van der Waals surface area contributed by atoms with Crippen molar-refractivity contribution >= 4 is 34.8 Å². The summed E-state index contributed by atoms with van der Waals surface area (Å²) in [7, 11) is 0. The summed E-state index contributed by atoms with van der Waals surface area (Å²) in [6.45, 7) is 11.8. The molecule has 2 aromatic carbocycles. The average molecular weight is 431 g/mol. The van der Waals surface area contributed by atoms with Crippen LogP contribution in [0.15, 0.2) is 42.5 Å². The lowest BCUT2D eigenvalue weighted by Crippen LogP contribution is -2.42. The molecule has 0 saturated carbocycles. The molecule has 6 heteroatoms. The molecular formula is C24H31ClN2O3. The van der Waals surface area contributed by atoms with Crippen molar-refractivity contribution in [3.05, 3.63) is 53.1 Å². The number of hydrogen-bond acceptors (Lipinski definition) is 3. The Labute approximate surface area is 184 Å². The molecule has 0 radical (unpaired) electrons. The minimum Gasteiger partial charge on any atom is -0.478 e. The summed E-state index contributed by atoms with van der Waals surface area (Å²) in [5, 5.41) is 5.98.